The van der Waals surface area contributed by atoms with E-state index >= 15 is 0 Å². The molecule has 0 amide bonds. The number of halogens is 1. The van der Waals surface area contributed by atoms with Crippen molar-refractivity contribution in [2.75, 3.05) is 5.88 Å². The van der Waals surface area contributed by atoms with Crippen molar-refractivity contribution in [1.29, 1.82) is 0 Å². The van der Waals surface area contributed by atoms with Crippen LogP contribution in [-0.4, -0.2) is 5.88 Å². The Balaban J connectivity index is 3.50. The first kappa shape index (κ1) is 9.29. The van der Waals surface area contributed by atoms with E-state index in [4.69, 9.17) is 11.6 Å². The Labute approximate surface area is 63.6 Å². The molecule has 1 heteroatoms. The van der Waals surface area contributed by atoms with E-state index in [2.05, 4.69) is 20.8 Å². The highest BCUT2D eigenvalue weighted by atomic mass is 35.5. The third kappa shape index (κ3) is 3.10. The van der Waals surface area contributed by atoms with Gasteiger partial charge in [-0.15, -0.1) is 11.6 Å². The van der Waals surface area contributed by atoms with E-state index in [9.17, 15) is 0 Å². The molecule has 0 aliphatic heterocycles. The molecule has 0 aliphatic carbocycles. The molecule has 0 saturated heterocycles. The average molecular weight is 149 g/mol. The number of hydrogen-bond donors (Lipinski definition) is 0. The van der Waals surface area contributed by atoms with Crippen molar-refractivity contribution in [3.8, 4) is 0 Å². The van der Waals surface area contributed by atoms with Gasteiger partial charge in [-0.1, -0.05) is 33.6 Å². The van der Waals surface area contributed by atoms with E-state index in [-0.39, 0.29) is 0 Å². The van der Waals surface area contributed by atoms with Gasteiger partial charge in [0.2, 0.25) is 0 Å². The molecule has 2 unspecified atom stereocenters. The SMILES string of the molecule is CCC(C)C(CC)CCl. The zero-order valence-electron chi connectivity index (χ0n) is 6.65. The molecule has 0 aromatic carbocycles. The van der Waals surface area contributed by atoms with Gasteiger partial charge < -0.3 is 0 Å². The molecule has 0 fully saturated rings. The molecule has 0 bridgehead atoms. The lowest BCUT2D eigenvalue weighted by Crippen LogP contribution is -2.10. The van der Waals surface area contributed by atoms with Crippen LogP contribution in [0.2, 0.25) is 0 Å². The topological polar surface area (TPSA) is 0 Å². The van der Waals surface area contributed by atoms with Crippen LogP contribution in [0.5, 0.6) is 0 Å². The van der Waals surface area contributed by atoms with Crippen molar-refractivity contribution < 1.29 is 0 Å². The van der Waals surface area contributed by atoms with Crippen molar-refractivity contribution in [2.45, 2.75) is 33.6 Å². The monoisotopic (exact) mass is 148 g/mol. The zero-order chi connectivity index (χ0) is 7.28. The highest BCUT2D eigenvalue weighted by molar-refractivity contribution is 6.18. The Morgan fingerprint density at radius 3 is 1.89 bits per heavy atom. The van der Waals surface area contributed by atoms with Gasteiger partial charge in [0, 0.05) is 5.88 Å². The average Bonchev–Trinajstić information content (AvgIpc) is 1.90. The molecule has 0 nitrogen and oxygen atoms in total. The Hall–Kier alpha value is 0.290. The first-order chi connectivity index (χ1) is 4.26. The van der Waals surface area contributed by atoms with Crippen LogP contribution >= 0.6 is 11.6 Å². The number of hydrogen-bond acceptors (Lipinski definition) is 0. The minimum absolute atomic E-state index is 0.733. The highest BCUT2D eigenvalue weighted by Crippen LogP contribution is 2.19. The van der Waals surface area contributed by atoms with Crippen molar-refractivity contribution in [3.63, 3.8) is 0 Å². The second kappa shape index (κ2) is 5.10. The summed E-state index contributed by atoms with van der Waals surface area (Å²) in [6.07, 6.45) is 2.48. The van der Waals surface area contributed by atoms with E-state index in [1.165, 1.54) is 12.8 Å². The minimum Gasteiger partial charge on any atom is -0.126 e. The van der Waals surface area contributed by atoms with Crippen LogP contribution < -0.4 is 0 Å². The largest absolute Gasteiger partial charge is 0.126 e. The fourth-order valence-corrected chi connectivity index (χ4v) is 1.52. The Bertz CT molecular complexity index is 57.6. The van der Waals surface area contributed by atoms with Gasteiger partial charge in [0.05, 0.1) is 0 Å². The Morgan fingerprint density at radius 1 is 1.22 bits per heavy atom. The van der Waals surface area contributed by atoms with E-state index < -0.39 is 0 Å². The predicted molar refractivity (Wildman–Crippen MR) is 44.0 cm³/mol. The van der Waals surface area contributed by atoms with Gasteiger partial charge in [-0.3, -0.25) is 0 Å². The maximum Gasteiger partial charge on any atom is 0.0254 e. The van der Waals surface area contributed by atoms with Gasteiger partial charge in [0.1, 0.15) is 0 Å². The van der Waals surface area contributed by atoms with Crippen LogP contribution in [0.4, 0.5) is 0 Å². The van der Waals surface area contributed by atoms with E-state index in [1.54, 1.807) is 0 Å². The van der Waals surface area contributed by atoms with Gasteiger partial charge in [0.25, 0.3) is 0 Å². The van der Waals surface area contributed by atoms with Crippen LogP contribution in [0, 0.1) is 11.8 Å². The molecule has 0 aromatic rings. The standard InChI is InChI=1S/C8H17Cl/c1-4-7(3)8(5-2)6-9/h7-8H,4-6H2,1-3H3. The molecule has 0 heterocycles. The van der Waals surface area contributed by atoms with Crippen LogP contribution in [0.25, 0.3) is 0 Å². The lowest BCUT2D eigenvalue weighted by molar-refractivity contribution is 0.371. The van der Waals surface area contributed by atoms with Gasteiger partial charge >= 0.3 is 0 Å². The van der Waals surface area contributed by atoms with Crippen LogP contribution in [0.3, 0.4) is 0 Å². The Morgan fingerprint density at radius 2 is 1.78 bits per heavy atom. The summed E-state index contributed by atoms with van der Waals surface area (Å²) in [4.78, 5) is 0. The molecular weight excluding hydrogens is 132 g/mol. The summed E-state index contributed by atoms with van der Waals surface area (Å²) in [5.41, 5.74) is 0. The minimum atomic E-state index is 0.733. The molecule has 56 valence electrons. The highest BCUT2D eigenvalue weighted by Gasteiger charge is 2.10. The lowest BCUT2D eigenvalue weighted by Gasteiger charge is -2.17. The van der Waals surface area contributed by atoms with Gasteiger partial charge in [-0.2, -0.15) is 0 Å². The van der Waals surface area contributed by atoms with Gasteiger partial charge in [-0.05, 0) is 11.8 Å². The molecular formula is C8H17Cl. The summed E-state index contributed by atoms with van der Waals surface area (Å²) in [5, 5.41) is 0. The summed E-state index contributed by atoms with van der Waals surface area (Å²) >= 11 is 5.74. The smallest absolute Gasteiger partial charge is 0.0254 e. The molecule has 9 heavy (non-hydrogen) atoms. The molecule has 0 radical (unpaired) electrons. The van der Waals surface area contributed by atoms with Crippen molar-refractivity contribution >= 4 is 11.6 Å². The molecule has 0 N–H and O–H groups in total. The molecule has 2 atom stereocenters. The van der Waals surface area contributed by atoms with Gasteiger partial charge in [-0.25, -0.2) is 0 Å². The fourth-order valence-electron chi connectivity index (χ4n) is 0.997. The fraction of sp³-hybridized carbons (Fsp3) is 1.00. The van der Waals surface area contributed by atoms with E-state index in [1.807, 2.05) is 0 Å². The molecule has 0 aromatic heterocycles. The van der Waals surface area contributed by atoms with E-state index in [0.29, 0.717) is 0 Å². The summed E-state index contributed by atoms with van der Waals surface area (Å²) in [7, 11) is 0. The van der Waals surface area contributed by atoms with Crippen molar-refractivity contribution in [2.24, 2.45) is 11.8 Å². The number of alkyl halides is 1. The van der Waals surface area contributed by atoms with E-state index in [0.717, 1.165) is 17.7 Å². The summed E-state index contributed by atoms with van der Waals surface area (Å²) < 4.78 is 0. The molecule has 0 saturated carbocycles. The normalized spacial score (nSPS) is 17.3. The second-order valence-electron chi connectivity index (χ2n) is 2.71. The zero-order valence-corrected chi connectivity index (χ0v) is 7.41. The molecule has 0 spiro atoms. The number of rotatable bonds is 4. The summed E-state index contributed by atoms with van der Waals surface area (Å²) in [6, 6.07) is 0. The maximum atomic E-state index is 5.74. The van der Waals surface area contributed by atoms with Crippen LogP contribution in [0.15, 0.2) is 0 Å². The molecule has 0 aliphatic rings. The third-order valence-electron chi connectivity index (χ3n) is 2.17. The van der Waals surface area contributed by atoms with Gasteiger partial charge in [0.15, 0.2) is 0 Å². The first-order valence-corrected chi connectivity index (χ1v) is 4.35. The summed E-state index contributed by atoms with van der Waals surface area (Å²) in [6.45, 7) is 6.70. The van der Waals surface area contributed by atoms with Crippen molar-refractivity contribution in [3.05, 3.63) is 0 Å². The summed E-state index contributed by atoms with van der Waals surface area (Å²) in [5.74, 6) is 2.36. The lowest BCUT2D eigenvalue weighted by atomic mass is 9.91. The molecule has 0 rings (SSSR count). The third-order valence-corrected chi connectivity index (χ3v) is 2.57. The predicted octanol–water partition coefficient (Wildman–Crippen LogP) is 3.30. The maximum absolute atomic E-state index is 5.74. The van der Waals surface area contributed by atoms with Crippen LogP contribution in [0.1, 0.15) is 33.6 Å². The Kier molecular flexibility index (Phi) is 5.27. The first-order valence-electron chi connectivity index (χ1n) is 3.82. The quantitative estimate of drug-likeness (QED) is 0.537. The van der Waals surface area contributed by atoms with Crippen LogP contribution in [-0.2, 0) is 0 Å². The second-order valence-corrected chi connectivity index (χ2v) is 3.02. The van der Waals surface area contributed by atoms with Crippen molar-refractivity contribution in [1.82, 2.24) is 0 Å².